The van der Waals surface area contributed by atoms with Crippen LogP contribution in [0, 0.1) is 5.21 Å². The van der Waals surface area contributed by atoms with Crippen molar-refractivity contribution in [3.05, 3.63) is 5.21 Å². The molecule has 0 aromatic carbocycles. The number of hydrazine groups is 1. The molecule has 0 radical (unpaired) electrons. The van der Waals surface area contributed by atoms with E-state index in [9.17, 15) is 10.0 Å². The Labute approximate surface area is 112 Å². The van der Waals surface area contributed by atoms with Crippen LogP contribution in [0.25, 0.3) is 0 Å². The van der Waals surface area contributed by atoms with Crippen LogP contribution in [0.5, 0.6) is 0 Å². The van der Waals surface area contributed by atoms with Gasteiger partial charge in [-0.1, -0.05) is 0 Å². The molecule has 0 aliphatic carbocycles. The first-order chi connectivity index (χ1) is 9.20. The summed E-state index contributed by atoms with van der Waals surface area (Å²) in [4.78, 5) is 16.6. The van der Waals surface area contributed by atoms with Gasteiger partial charge in [-0.3, -0.25) is 0 Å². The number of carbonyl (C=O) groups is 1. The van der Waals surface area contributed by atoms with Crippen LogP contribution in [0.15, 0.2) is 5.28 Å². The van der Waals surface area contributed by atoms with Crippen LogP contribution in [-0.4, -0.2) is 54.0 Å². The summed E-state index contributed by atoms with van der Waals surface area (Å²) < 4.78 is 4.63. The molecule has 1 rings (SSSR count). The van der Waals surface area contributed by atoms with Crippen molar-refractivity contribution in [1.29, 1.82) is 0 Å². The van der Waals surface area contributed by atoms with Gasteiger partial charge in [0.25, 0.3) is 0 Å². The van der Waals surface area contributed by atoms with E-state index in [4.69, 9.17) is 9.94 Å². The minimum absolute atomic E-state index is 0.152. The topological polar surface area (TPSA) is 97.4 Å². The molecule has 1 aliphatic heterocycles. The van der Waals surface area contributed by atoms with Crippen molar-refractivity contribution in [1.82, 2.24) is 5.01 Å². The lowest BCUT2D eigenvalue weighted by atomic mass is 10.2. The van der Waals surface area contributed by atoms with Crippen LogP contribution in [0.3, 0.4) is 0 Å². The molecule has 1 atom stereocenters. The third-order valence-corrected chi connectivity index (χ3v) is 2.94. The fourth-order valence-corrected chi connectivity index (χ4v) is 1.92. The summed E-state index contributed by atoms with van der Waals surface area (Å²) in [6.45, 7) is 0.926. The maximum absolute atomic E-state index is 11.7. The highest BCUT2D eigenvalue weighted by Crippen LogP contribution is 2.18. The Kier molecular flexibility index (Phi) is 6.94. The highest BCUT2D eigenvalue weighted by Gasteiger charge is 2.37. The molecule has 110 valence electrons. The van der Waals surface area contributed by atoms with Crippen molar-refractivity contribution in [3.63, 3.8) is 0 Å². The number of methoxy groups -OCH3 is 1. The van der Waals surface area contributed by atoms with E-state index in [0.717, 1.165) is 19.3 Å². The van der Waals surface area contributed by atoms with Gasteiger partial charge in [-0.05, 0) is 32.1 Å². The summed E-state index contributed by atoms with van der Waals surface area (Å²) in [5.74, 6) is -0.434. The third-order valence-electron chi connectivity index (χ3n) is 2.94. The average Bonchev–Trinajstić information content (AvgIpc) is 2.91. The van der Waals surface area contributed by atoms with Crippen molar-refractivity contribution in [2.75, 3.05) is 26.9 Å². The number of carbonyl (C=O) groups excluding carboxylic acids is 1. The van der Waals surface area contributed by atoms with E-state index >= 15 is 0 Å². The van der Waals surface area contributed by atoms with Crippen LogP contribution in [0.2, 0.25) is 0 Å². The van der Waals surface area contributed by atoms with Gasteiger partial charge in [-0.15, -0.1) is 5.01 Å². The average molecular weight is 275 g/mol. The van der Waals surface area contributed by atoms with Gasteiger partial charge >= 0.3 is 5.97 Å². The predicted octanol–water partition coefficient (Wildman–Crippen LogP) is 0.595. The first-order valence-corrected chi connectivity index (χ1v) is 6.46. The molecular weight excluding hydrogens is 254 g/mol. The van der Waals surface area contributed by atoms with Gasteiger partial charge in [0.15, 0.2) is 6.04 Å². The first-order valence-electron chi connectivity index (χ1n) is 6.46. The van der Waals surface area contributed by atoms with E-state index < -0.39 is 12.0 Å². The lowest BCUT2D eigenvalue weighted by Gasteiger charge is -2.17. The number of aliphatic hydroxyl groups is 1. The summed E-state index contributed by atoms with van der Waals surface area (Å²) >= 11 is 0. The molecule has 0 spiro atoms. The van der Waals surface area contributed by atoms with Gasteiger partial charge in [0.05, 0.1) is 18.6 Å². The molecule has 8 nitrogen and oxygen atoms in total. The highest BCUT2D eigenvalue weighted by atomic mass is 16.7. The number of aliphatic hydroxyl groups excluding tert-OH is 1. The predicted molar refractivity (Wildman–Crippen MR) is 64.7 cm³/mol. The van der Waals surface area contributed by atoms with Gasteiger partial charge in [0, 0.05) is 6.61 Å². The number of hydrogen-bond acceptors (Lipinski definition) is 6. The molecule has 0 bridgehead atoms. The molecule has 0 amide bonds. The minimum atomic E-state index is -0.579. The number of unbranched alkanes of at least 4 members (excludes halogenated alkanes) is 2. The van der Waals surface area contributed by atoms with Crippen molar-refractivity contribution < 1.29 is 24.4 Å². The van der Waals surface area contributed by atoms with E-state index in [1.807, 2.05) is 0 Å². The Morgan fingerprint density at radius 3 is 3.00 bits per heavy atom. The largest absolute Gasteiger partial charge is 0.569 e. The van der Waals surface area contributed by atoms with Crippen molar-refractivity contribution in [3.8, 4) is 0 Å². The minimum Gasteiger partial charge on any atom is -0.569 e. The Morgan fingerprint density at radius 2 is 2.32 bits per heavy atom. The number of ether oxygens (including phenoxy) is 1. The standard InChI is InChI=1S/C11H21N3O5/c1-18-11(16)10-6-5-7-13(10)14(17)12-19-9-4-2-3-8-15/h10,15H,2-9H2,1H3/b14-12-/t10-/m0/s1. The molecule has 0 saturated carbocycles. The summed E-state index contributed by atoms with van der Waals surface area (Å²) in [5.41, 5.74) is 0. The van der Waals surface area contributed by atoms with Crippen LogP contribution in [-0.2, 0) is 14.4 Å². The molecule has 1 heterocycles. The van der Waals surface area contributed by atoms with Crippen LogP contribution < -0.4 is 0 Å². The van der Waals surface area contributed by atoms with Gasteiger partial charge in [0.1, 0.15) is 6.61 Å². The molecule has 8 heteroatoms. The summed E-state index contributed by atoms with van der Waals surface area (Å²) in [5, 5.41) is 24.9. The second-order valence-electron chi connectivity index (χ2n) is 4.30. The summed E-state index contributed by atoms with van der Waals surface area (Å²) in [6.07, 6.45) is 3.57. The molecule has 1 saturated heterocycles. The molecule has 19 heavy (non-hydrogen) atoms. The Morgan fingerprint density at radius 1 is 1.53 bits per heavy atom. The highest BCUT2D eigenvalue weighted by molar-refractivity contribution is 5.75. The maximum Gasteiger partial charge on any atom is 0.334 e. The van der Waals surface area contributed by atoms with Gasteiger partial charge in [0.2, 0.25) is 5.28 Å². The quantitative estimate of drug-likeness (QED) is 0.229. The fourth-order valence-electron chi connectivity index (χ4n) is 1.92. The zero-order valence-electron chi connectivity index (χ0n) is 11.2. The molecule has 0 unspecified atom stereocenters. The van der Waals surface area contributed by atoms with Crippen LogP contribution in [0.1, 0.15) is 32.1 Å². The van der Waals surface area contributed by atoms with Crippen LogP contribution >= 0.6 is 0 Å². The molecule has 1 aliphatic rings. The maximum atomic E-state index is 11.7. The van der Waals surface area contributed by atoms with E-state index in [2.05, 4.69) is 10.0 Å². The molecule has 0 aromatic heterocycles. The fraction of sp³-hybridized carbons (Fsp3) is 0.909. The summed E-state index contributed by atoms with van der Waals surface area (Å²) in [6, 6.07) is -0.579. The van der Waals surface area contributed by atoms with Gasteiger partial charge in [-0.25, -0.2) is 4.79 Å². The number of hydrogen-bond donors (Lipinski definition) is 1. The number of esters is 1. The molecule has 1 fully saturated rings. The molecular formula is C11H21N3O5. The SMILES string of the molecule is COC(=O)[C@@H]1CCCN1/[N+]([O-])=N/OCCCCCO. The van der Waals surface area contributed by atoms with Crippen LogP contribution in [0.4, 0.5) is 0 Å². The molecule has 1 N–H and O–H groups in total. The van der Waals surface area contributed by atoms with Crippen molar-refractivity contribution >= 4 is 5.97 Å². The second-order valence-corrected chi connectivity index (χ2v) is 4.30. The second kappa shape index (κ2) is 8.52. The first kappa shape index (κ1) is 15.5. The smallest absolute Gasteiger partial charge is 0.334 e. The van der Waals surface area contributed by atoms with E-state index in [1.54, 1.807) is 0 Å². The van der Waals surface area contributed by atoms with Crippen molar-refractivity contribution in [2.24, 2.45) is 5.28 Å². The number of rotatable bonds is 8. The Balaban J connectivity index is 2.34. The van der Waals surface area contributed by atoms with E-state index in [0.29, 0.717) is 31.0 Å². The number of nitrogens with zero attached hydrogens (tertiary/aromatic N) is 3. The van der Waals surface area contributed by atoms with E-state index in [-0.39, 0.29) is 6.61 Å². The van der Waals surface area contributed by atoms with Crippen molar-refractivity contribution in [2.45, 2.75) is 38.1 Å². The monoisotopic (exact) mass is 275 g/mol. The zero-order valence-corrected chi connectivity index (χ0v) is 11.2. The normalized spacial score (nSPS) is 19.6. The van der Waals surface area contributed by atoms with Gasteiger partial charge in [-0.2, -0.15) is 0 Å². The Bertz CT molecular complexity index is 311. The molecule has 0 aromatic rings. The summed E-state index contributed by atoms with van der Waals surface area (Å²) in [7, 11) is 1.29. The Hall–Kier alpha value is -1.57. The van der Waals surface area contributed by atoms with Gasteiger partial charge < -0.3 is 19.9 Å². The zero-order chi connectivity index (χ0) is 14.1. The third kappa shape index (κ3) is 4.90. The lowest BCUT2D eigenvalue weighted by molar-refractivity contribution is -0.712. The van der Waals surface area contributed by atoms with E-state index in [1.165, 1.54) is 12.1 Å². The lowest BCUT2D eigenvalue weighted by Crippen LogP contribution is -2.41.